The molecule has 0 aliphatic heterocycles. The molecule has 9 aliphatic rings. The van der Waals surface area contributed by atoms with Crippen molar-refractivity contribution in [1.82, 2.24) is 0 Å². The standard InChI is InChI=1S/C96H146O8/c1-25-89(9,10)73-41-57-33-59-43-74(90(11,12)26-2)45-61(82(59)98)35-63-47-76(92(15,16)28-4)49-65(84(63)100)37-67-51-78(94(19,20)30-6)53-69(86(67)102)39-71-55-80(96(23,24)32-8)56-72(88(71)104)40-70-54-79(95(21,22)31-7)52-68(87(70)103)38-66-50-77(93(17,18)29-5)48-64(85(66)101)36-62-46-75(91(13,14)27-3)44-60(83(62)99)34-58(42-73)81(57)97/h41-55,57,61-64,67-68,71-72,81-88,97-104H,25-40,56H2,1-24H3. The summed E-state index contributed by atoms with van der Waals surface area (Å²) >= 11 is 0. The Bertz CT molecular complexity index is 3640. The molecule has 8 nitrogen and oxygen atoms in total. The van der Waals surface area contributed by atoms with Crippen molar-refractivity contribution >= 4 is 0 Å². The van der Waals surface area contributed by atoms with Gasteiger partial charge in [0, 0.05) is 47.3 Å². The first-order valence-electron chi connectivity index (χ1n) is 41.5. The average molecular weight is 1430 g/mol. The normalized spacial score (nSPS) is 32.8. The first-order valence-corrected chi connectivity index (χ1v) is 41.5. The average Bonchev–Trinajstić information content (AvgIpc) is 0.776. The van der Waals surface area contributed by atoms with E-state index in [1.807, 2.05) is 0 Å². The van der Waals surface area contributed by atoms with Gasteiger partial charge in [0.05, 0.1) is 48.8 Å². The van der Waals surface area contributed by atoms with Gasteiger partial charge in [-0.25, -0.2) is 0 Å². The van der Waals surface area contributed by atoms with Crippen LogP contribution in [0.25, 0.3) is 0 Å². The van der Waals surface area contributed by atoms with Gasteiger partial charge in [0.25, 0.3) is 0 Å². The van der Waals surface area contributed by atoms with E-state index in [0.717, 1.165) is 129 Å². The van der Waals surface area contributed by atoms with Crippen molar-refractivity contribution in [1.29, 1.82) is 0 Å². The van der Waals surface area contributed by atoms with Gasteiger partial charge in [-0.2, -0.15) is 0 Å². The zero-order chi connectivity index (χ0) is 77.1. The molecule has 9 rings (SSSR count). The highest BCUT2D eigenvalue weighted by Gasteiger charge is 2.46. The zero-order valence-corrected chi connectivity index (χ0v) is 69.6. The second kappa shape index (κ2) is 32.0. The molecule has 16 bridgehead atoms. The topological polar surface area (TPSA) is 162 Å². The Kier molecular flexibility index (Phi) is 25.8. The summed E-state index contributed by atoms with van der Waals surface area (Å²) in [4.78, 5) is 0. The number of hydrogen-bond donors (Lipinski definition) is 8. The maximum absolute atomic E-state index is 13.3. The quantitative estimate of drug-likeness (QED) is 0.0709. The minimum absolute atomic E-state index is 0.174. The van der Waals surface area contributed by atoms with E-state index in [-0.39, 0.29) is 96.6 Å². The molecule has 0 saturated heterocycles. The maximum Gasteiger partial charge on any atom is 0.0822 e. The summed E-state index contributed by atoms with van der Waals surface area (Å²) in [6.45, 7) is 54.4. The Labute approximate surface area is 632 Å². The van der Waals surface area contributed by atoms with Gasteiger partial charge in [0.15, 0.2) is 0 Å². The minimum Gasteiger partial charge on any atom is -0.392 e. The van der Waals surface area contributed by atoms with Gasteiger partial charge in [-0.15, -0.1) is 0 Å². The van der Waals surface area contributed by atoms with Crippen LogP contribution in [0, 0.1) is 96.6 Å². The third-order valence-corrected chi connectivity index (χ3v) is 29.7. The zero-order valence-electron chi connectivity index (χ0n) is 69.6. The van der Waals surface area contributed by atoms with Crippen LogP contribution in [0.5, 0.6) is 0 Å². The fourth-order valence-electron chi connectivity index (χ4n) is 17.9. The van der Waals surface area contributed by atoms with E-state index >= 15 is 0 Å². The van der Waals surface area contributed by atoms with Gasteiger partial charge in [-0.1, -0.05) is 263 Å². The third-order valence-electron chi connectivity index (χ3n) is 29.7. The molecular formula is C96H146O8. The van der Waals surface area contributed by atoms with Gasteiger partial charge >= 0.3 is 0 Å². The van der Waals surface area contributed by atoms with E-state index in [9.17, 15) is 40.9 Å². The number of rotatable bonds is 16. The van der Waals surface area contributed by atoms with Crippen molar-refractivity contribution in [2.45, 2.75) is 324 Å². The molecule has 0 radical (unpaired) electrons. The monoisotopic (exact) mass is 1430 g/mol. The van der Waals surface area contributed by atoms with Crippen LogP contribution in [0.1, 0.15) is 275 Å². The van der Waals surface area contributed by atoms with E-state index in [0.29, 0.717) is 57.8 Å². The van der Waals surface area contributed by atoms with E-state index in [4.69, 9.17) is 0 Å². The van der Waals surface area contributed by atoms with Crippen LogP contribution in [0.2, 0.25) is 0 Å². The van der Waals surface area contributed by atoms with Gasteiger partial charge in [-0.3, -0.25) is 0 Å². The van der Waals surface area contributed by atoms with Crippen molar-refractivity contribution < 1.29 is 40.9 Å². The van der Waals surface area contributed by atoms with Crippen LogP contribution in [0.4, 0.5) is 0 Å². The molecule has 0 aromatic rings. The number of aliphatic hydroxyl groups excluding tert-OH is 8. The van der Waals surface area contributed by atoms with Crippen LogP contribution >= 0.6 is 0 Å². The van der Waals surface area contributed by atoms with Crippen molar-refractivity contribution in [3.05, 3.63) is 175 Å². The summed E-state index contributed by atoms with van der Waals surface area (Å²) in [5.41, 5.74) is 13.7. The predicted molar refractivity (Wildman–Crippen MR) is 435 cm³/mol. The van der Waals surface area contributed by atoms with Gasteiger partial charge in [-0.05, 0) is 236 Å². The molecule has 17 atom stereocenters. The van der Waals surface area contributed by atoms with Crippen molar-refractivity contribution in [3.8, 4) is 0 Å². The summed E-state index contributed by atoms with van der Waals surface area (Å²) < 4.78 is 0. The lowest BCUT2D eigenvalue weighted by Crippen LogP contribution is -2.39. The molecule has 8 heteroatoms. The highest BCUT2D eigenvalue weighted by Crippen LogP contribution is 2.54. The van der Waals surface area contributed by atoms with Crippen LogP contribution < -0.4 is 0 Å². The maximum atomic E-state index is 13.3. The van der Waals surface area contributed by atoms with Crippen molar-refractivity contribution in [2.24, 2.45) is 96.6 Å². The summed E-state index contributed by atoms with van der Waals surface area (Å²) in [5.74, 6) is -3.10. The van der Waals surface area contributed by atoms with Gasteiger partial charge < -0.3 is 40.9 Å². The molecule has 578 valence electrons. The Morgan fingerprint density at radius 3 is 0.702 bits per heavy atom. The fourth-order valence-corrected chi connectivity index (χ4v) is 17.9. The Balaban J connectivity index is 1.22. The molecule has 1 saturated carbocycles. The highest BCUT2D eigenvalue weighted by molar-refractivity contribution is 5.48. The molecular weight excluding hydrogens is 1280 g/mol. The number of allylic oxidation sites excluding steroid dienone is 15. The molecule has 0 aromatic heterocycles. The lowest BCUT2D eigenvalue weighted by Gasteiger charge is -2.43. The van der Waals surface area contributed by atoms with E-state index in [1.54, 1.807) is 0 Å². The molecule has 8 N–H and O–H groups in total. The molecule has 0 spiro atoms. The smallest absolute Gasteiger partial charge is 0.0822 e. The van der Waals surface area contributed by atoms with Crippen LogP contribution in [0.3, 0.4) is 0 Å². The van der Waals surface area contributed by atoms with Crippen molar-refractivity contribution in [2.75, 3.05) is 0 Å². The fraction of sp³-hybridized carbons (Fsp3) is 0.688. The molecule has 104 heavy (non-hydrogen) atoms. The Hall–Kier alpha value is -4.22. The van der Waals surface area contributed by atoms with Crippen LogP contribution in [0.15, 0.2) is 175 Å². The second-order valence-corrected chi connectivity index (χ2v) is 39.5. The largest absolute Gasteiger partial charge is 0.392 e. The molecule has 0 heterocycles. The van der Waals surface area contributed by atoms with Gasteiger partial charge in [0.2, 0.25) is 0 Å². The second-order valence-electron chi connectivity index (χ2n) is 39.5. The first kappa shape index (κ1) is 83.8. The summed E-state index contributed by atoms with van der Waals surface area (Å²) in [5, 5.41) is 106. The Morgan fingerprint density at radius 1 is 0.240 bits per heavy atom. The summed E-state index contributed by atoms with van der Waals surface area (Å²) in [6, 6.07) is 0. The molecule has 1 fully saturated rings. The van der Waals surface area contributed by atoms with E-state index in [2.05, 4.69) is 257 Å². The molecule has 17 unspecified atom stereocenters. The van der Waals surface area contributed by atoms with E-state index < -0.39 is 48.8 Å². The molecule has 0 aromatic carbocycles. The molecule has 0 amide bonds. The highest BCUT2D eigenvalue weighted by atomic mass is 16.3. The van der Waals surface area contributed by atoms with Gasteiger partial charge in [0.1, 0.15) is 0 Å². The van der Waals surface area contributed by atoms with E-state index in [1.165, 1.54) is 5.57 Å². The predicted octanol–water partition coefficient (Wildman–Crippen LogP) is 21.4. The Morgan fingerprint density at radius 2 is 0.442 bits per heavy atom. The minimum atomic E-state index is -0.914. The first-order chi connectivity index (χ1) is 48.3. The number of aliphatic hydroxyl groups is 8. The van der Waals surface area contributed by atoms with Crippen molar-refractivity contribution in [3.63, 3.8) is 0 Å². The van der Waals surface area contributed by atoms with Crippen LogP contribution in [-0.2, 0) is 0 Å². The number of hydrogen-bond acceptors (Lipinski definition) is 8. The summed E-state index contributed by atoms with van der Waals surface area (Å²) in [7, 11) is 0. The molecule has 9 aliphatic carbocycles. The SMILES string of the molecule is CCC(C)(C)C1=CC2CC3=CC(C(C)(C)CC)=CC(CC4C=C(C(C)(C)CC)C=C(CC5C=C(C(C)(C)CC)C=C(CC6C=C(C(C)(C)CC)CC(CC7=CC(C(C)(C)CC)=CC(CC8=CC(C(C)(C)CC)=CC(CC9C=C(C(C)(C)CC)C=C(CC(=C1)C2O)C9O)C8O)C7O)C6O)C5O)C4O)C3O. The lowest BCUT2D eigenvalue weighted by molar-refractivity contribution is 0.0465. The number of fused-ring (bicyclic) bond motifs is 16. The lowest BCUT2D eigenvalue weighted by atomic mass is 9.64. The summed E-state index contributed by atoms with van der Waals surface area (Å²) in [6.07, 6.45) is 38.2. The third kappa shape index (κ3) is 17.7. The van der Waals surface area contributed by atoms with Crippen LogP contribution in [-0.4, -0.2) is 89.7 Å².